The van der Waals surface area contributed by atoms with Gasteiger partial charge in [0.2, 0.25) is 0 Å². The fraction of sp³-hybridized carbons (Fsp3) is 0.438. The van der Waals surface area contributed by atoms with Gasteiger partial charge in [-0.2, -0.15) is 5.10 Å². The monoisotopic (exact) mass is 325 g/mol. The number of hydrogen-bond acceptors (Lipinski definition) is 2. The number of rotatable bonds is 7. The summed E-state index contributed by atoms with van der Waals surface area (Å²) in [5, 5.41) is 9.18. The zero-order chi connectivity index (χ0) is 15.2. The van der Waals surface area contributed by atoms with Crippen LogP contribution in [0.1, 0.15) is 37.1 Å². The van der Waals surface area contributed by atoms with E-state index in [4.69, 9.17) is 23.2 Å². The van der Waals surface area contributed by atoms with E-state index < -0.39 is 0 Å². The van der Waals surface area contributed by atoms with Crippen molar-refractivity contribution in [2.24, 2.45) is 7.05 Å². The number of nitrogens with zero attached hydrogens (tertiary/aromatic N) is 2. The van der Waals surface area contributed by atoms with Gasteiger partial charge in [-0.15, -0.1) is 0 Å². The fourth-order valence-corrected chi connectivity index (χ4v) is 2.95. The zero-order valence-electron chi connectivity index (χ0n) is 12.4. The van der Waals surface area contributed by atoms with Gasteiger partial charge in [-0.1, -0.05) is 36.2 Å². The Morgan fingerprint density at radius 1 is 1.29 bits per heavy atom. The number of benzene rings is 1. The Morgan fingerprint density at radius 2 is 2.10 bits per heavy atom. The van der Waals surface area contributed by atoms with Crippen molar-refractivity contribution in [2.75, 3.05) is 6.54 Å². The van der Waals surface area contributed by atoms with Crippen LogP contribution in [0.15, 0.2) is 30.5 Å². The largest absolute Gasteiger partial charge is 0.310 e. The molecule has 5 heteroatoms. The minimum atomic E-state index is 0.226. The second kappa shape index (κ2) is 7.83. The van der Waals surface area contributed by atoms with E-state index in [0.29, 0.717) is 5.02 Å². The molecule has 0 bridgehead atoms. The van der Waals surface area contributed by atoms with E-state index in [9.17, 15) is 0 Å². The summed E-state index contributed by atoms with van der Waals surface area (Å²) in [6, 6.07) is 8.00. The van der Waals surface area contributed by atoms with Crippen molar-refractivity contribution in [3.8, 4) is 0 Å². The Kier molecular flexibility index (Phi) is 6.09. The molecular weight excluding hydrogens is 305 g/mol. The molecule has 0 fully saturated rings. The molecule has 0 aliphatic rings. The van der Waals surface area contributed by atoms with Gasteiger partial charge < -0.3 is 5.32 Å². The van der Waals surface area contributed by atoms with Crippen LogP contribution in [0, 0.1) is 0 Å². The maximum atomic E-state index is 6.35. The molecule has 1 aromatic carbocycles. The minimum Gasteiger partial charge on any atom is -0.310 e. The van der Waals surface area contributed by atoms with Gasteiger partial charge in [0.15, 0.2) is 0 Å². The summed E-state index contributed by atoms with van der Waals surface area (Å²) in [6.45, 7) is 3.13. The Balaban J connectivity index is 2.12. The molecule has 21 heavy (non-hydrogen) atoms. The minimum absolute atomic E-state index is 0.226. The van der Waals surface area contributed by atoms with Crippen LogP contribution in [0.2, 0.25) is 10.0 Å². The van der Waals surface area contributed by atoms with E-state index in [0.717, 1.165) is 36.4 Å². The quantitative estimate of drug-likeness (QED) is 0.817. The van der Waals surface area contributed by atoms with E-state index in [-0.39, 0.29) is 6.04 Å². The van der Waals surface area contributed by atoms with Crippen LogP contribution in [0.4, 0.5) is 0 Å². The van der Waals surface area contributed by atoms with Gasteiger partial charge in [0, 0.05) is 35.0 Å². The van der Waals surface area contributed by atoms with Gasteiger partial charge in [-0.25, -0.2) is 0 Å². The maximum Gasteiger partial charge on any atom is 0.0492 e. The first-order valence-electron chi connectivity index (χ1n) is 7.27. The van der Waals surface area contributed by atoms with Crippen LogP contribution in [-0.2, 0) is 13.5 Å². The van der Waals surface area contributed by atoms with E-state index >= 15 is 0 Å². The van der Waals surface area contributed by atoms with E-state index in [2.05, 4.69) is 23.4 Å². The third-order valence-electron chi connectivity index (χ3n) is 3.59. The number of aromatic nitrogens is 2. The van der Waals surface area contributed by atoms with Crippen LogP contribution in [-0.4, -0.2) is 16.3 Å². The summed E-state index contributed by atoms with van der Waals surface area (Å²) in [7, 11) is 1.97. The van der Waals surface area contributed by atoms with E-state index in [1.165, 1.54) is 5.69 Å². The van der Waals surface area contributed by atoms with E-state index in [1.807, 2.05) is 36.1 Å². The molecule has 1 atom stereocenters. The average Bonchev–Trinajstić information content (AvgIpc) is 2.85. The molecule has 0 saturated carbocycles. The van der Waals surface area contributed by atoms with Crippen molar-refractivity contribution in [3.63, 3.8) is 0 Å². The van der Waals surface area contributed by atoms with Gasteiger partial charge >= 0.3 is 0 Å². The lowest BCUT2D eigenvalue weighted by Gasteiger charge is -2.20. The normalized spacial score (nSPS) is 12.6. The number of aryl methyl sites for hydroxylation is 2. The molecule has 0 amide bonds. The first-order chi connectivity index (χ1) is 10.1. The SMILES string of the molecule is CCCNC(CCc1ccnn1C)c1ccc(Cl)cc1Cl. The topological polar surface area (TPSA) is 29.9 Å². The summed E-state index contributed by atoms with van der Waals surface area (Å²) >= 11 is 12.3. The molecule has 2 rings (SSSR count). The van der Waals surface area contributed by atoms with Crippen molar-refractivity contribution in [2.45, 2.75) is 32.2 Å². The van der Waals surface area contributed by atoms with Gasteiger partial charge in [0.05, 0.1) is 0 Å². The highest BCUT2D eigenvalue weighted by Gasteiger charge is 2.15. The second-order valence-corrected chi connectivity index (χ2v) is 6.00. The molecule has 114 valence electrons. The molecule has 0 aliphatic heterocycles. The first kappa shape index (κ1) is 16.3. The van der Waals surface area contributed by atoms with Gasteiger partial charge in [-0.3, -0.25) is 4.68 Å². The highest BCUT2D eigenvalue weighted by atomic mass is 35.5. The highest BCUT2D eigenvalue weighted by molar-refractivity contribution is 6.35. The predicted molar refractivity (Wildman–Crippen MR) is 89.0 cm³/mol. The van der Waals surface area contributed by atoms with Crippen molar-refractivity contribution < 1.29 is 0 Å². The Hall–Kier alpha value is -1.03. The Morgan fingerprint density at radius 3 is 2.71 bits per heavy atom. The van der Waals surface area contributed by atoms with Crippen LogP contribution < -0.4 is 5.32 Å². The predicted octanol–water partition coefficient (Wildman–Crippen LogP) is 4.40. The summed E-state index contributed by atoms with van der Waals surface area (Å²) in [6.07, 6.45) is 4.85. The third kappa shape index (κ3) is 4.47. The van der Waals surface area contributed by atoms with Gasteiger partial charge in [0.1, 0.15) is 0 Å². The lowest BCUT2D eigenvalue weighted by molar-refractivity contribution is 0.492. The van der Waals surface area contributed by atoms with Crippen LogP contribution >= 0.6 is 23.2 Å². The van der Waals surface area contributed by atoms with Crippen LogP contribution in [0.3, 0.4) is 0 Å². The Bertz CT molecular complexity index is 581. The van der Waals surface area contributed by atoms with E-state index in [1.54, 1.807) is 0 Å². The zero-order valence-corrected chi connectivity index (χ0v) is 14.0. The van der Waals surface area contributed by atoms with Crippen LogP contribution in [0.5, 0.6) is 0 Å². The molecular formula is C16H21Cl2N3. The first-order valence-corrected chi connectivity index (χ1v) is 8.02. The third-order valence-corrected chi connectivity index (χ3v) is 4.15. The maximum absolute atomic E-state index is 6.35. The van der Waals surface area contributed by atoms with Crippen molar-refractivity contribution in [3.05, 3.63) is 51.8 Å². The summed E-state index contributed by atoms with van der Waals surface area (Å²) in [4.78, 5) is 0. The van der Waals surface area contributed by atoms with Crippen molar-refractivity contribution >= 4 is 23.2 Å². The molecule has 0 aliphatic carbocycles. The molecule has 0 radical (unpaired) electrons. The molecule has 1 unspecified atom stereocenters. The smallest absolute Gasteiger partial charge is 0.0492 e. The molecule has 0 saturated heterocycles. The number of hydrogen-bond donors (Lipinski definition) is 1. The standard InChI is InChI=1S/C16H21Cl2N3/c1-3-9-19-16(7-5-13-8-10-20-21(13)2)14-6-4-12(17)11-15(14)18/h4,6,8,10-11,16,19H,3,5,7,9H2,1-2H3. The molecule has 3 nitrogen and oxygen atoms in total. The highest BCUT2D eigenvalue weighted by Crippen LogP contribution is 2.29. The summed E-state index contributed by atoms with van der Waals surface area (Å²) in [5.41, 5.74) is 2.33. The molecule has 1 N–H and O–H groups in total. The lowest BCUT2D eigenvalue weighted by Crippen LogP contribution is -2.23. The average molecular weight is 326 g/mol. The molecule has 0 spiro atoms. The molecule has 1 aromatic heterocycles. The van der Waals surface area contributed by atoms with Crippen LogP contribution in [0.25, 0.3) is 0 Å². The van der Waals surface area contributed by atoms with Crippen molar-refractivity contribution in [1.29, 1.82) is 0 Å². The molecule has 1 heterocycles. The summed E-state index contributed by atoms with van der Waals surface area (Å²) in [5.74, 6) is 0. The lowest BCUT2D eigenvalue weighted by atomic mass is 10.0. The second-order valence-electron chi connectivity index (χ2n) is 5.16. The van der Waals surface area contributed by atoms with Gasteiger partial charge in [0.25, 0.3) is 0 Å². The van der Waals surface area contributed by atoms with Gasteiger partial charge in [-0.05, 0) is 49.6 Å². The summed E-state index contributed by atoms with van der Waals surface area (Å²) < 4.78 is 1.92. The molecule has 2 aromatic rings. The number of halogens is 2. The number of nitrogens with one attached hydrogen (secondary N) is 1. The van der Waals surface area contributed by atoms with Crippen molar-refractivity contribution in [1.82, 2.24) is 15.1 Å². The Labute approximate surface area is 136 Å². The fourth-order valence-electron chi connectivity index (χ4n) is 2.41.